The second-order valence-electron chi connectivity index (χ2n) is 3.81. The number of aromatic nitrogens is 2. The van der Waals surface area contributed by atoms with E-state index in [4.69, 9.17) is 0 Å². The highest BCUT2D eigenvalue weighted by Crippen LogP contribution is 2.22. The van der Waals surface area contributed by atoms with Gasteiger partial charge in [0.25, 0.3) is 5.56 Å². The van der Waals surface area contributed by atoms with Crippen LogP contribution in [-0.4, -0.2) is 9.97 Å². The zero-order chi connectivity index (χ0) is 13.2. The van der Waals surface area contributed by atoms with Crippen molar-refractivity contribution in [3.8, 4) is 0 Å². The summed E-state index contributed by atoms with van der Waals surface area (Å²) in [6, 6.07) is 11.4. The first-order valence-corrected chi connectivity index (χ1v) is 7.40. The average molecular weight is 381 g/mol. The maximum atomic E-state index is 11.9. The fraction of sp³-hybridized carbons (Fsp3) is 0. The smallest absolute Gasteiger partial charge is 0.282 e. The molecule has 0 fully saturated rings. The number of pyridine rings is 1. The lowest BCUT2D eigenvalue weighted by Gasteiger charge is -2.04. The molecule has 1 aromatic carbocycles. The van der Waals surface area contributed by atoms with Gasteiger partial charge in [-0.05, 0) is 59.0 Å². The minimum Gasteiger partial charge on any atom is -0.331 e. The van der Waals surface area contributed by atoms with E-state index in [9.17, 15) is 4.79 Å². The van der Waals surface area contributed by atoms with Crippen LogP contribution in [0.2, 0.25) is 0 Å². The number of benzene rings is 1. The second-order valence-corrected chi connectivity index (χ2v) is 6.04. The van der Waals surface area contributed by atoms with Crippen molar-refractivity contribution in [1.82, 2.24) is 9.97 Å². The highest BCUT2D eigenvalue weighted by atomic mass is 127. The third-order valence-electron chi connectivity index (χ3n) is 2.49. The van der Waals surface area contributed by atoms with Crippen molar-refractivity contribution >= 4 is 55.0 Å². The zero-order valence-electron chi connectivity index (χ0n) is 9.63. The molecule has 3 rings (SSSR count). The van der Waals surface area contributed by atoms with E-state index in [0.29, 0.717) is 15.3 Å². The minimum atomic E-state index is -0.255. The number of anilines is 2. The van der Waals surface area contributed by atoms with Crippen molar-refractivity contribution < 1.29 is 0 Å². The van der Waals surface area contributed by atoms with Crippen LogP contribution in [-0.2, 0) is 0 Å². The SMILES string of the molecule is O=c1nc(Nc2ccc(I)cc2)sc2ncccc12. The van der Waals surface area contributed by atoms with E-state index < -0.39 is 0 Å². The Balaban J connectivity index is 2.01. The molecule has 0 aliphatic heterocycles. The number of hydrogen-bond acceptors (Lipinski definition) is 5. The van der Waals surface area contributed by atoms with Gasteiger partial charge in [-0.15, -0.1) is 0 Å². The number of hydrogen-bond donors (Lipinski definition) is 1. The summed E-state index contributed by atoms with van der Waals surface area (Å²) in [6.45, 7) is 0. The Kier molecular flexibility index (Phi) is 3.43. The van der Waals surface area contributed by atoms with Gasteiger partial charge in [-0.2, -0.15) is 4.98 Å². The molecule has 1 N–H and O–H groups in total. The molecule has 4 nitrogen and oxygen atoms in total. The molecule has 0 saturated carbocycles. The van der Waals surface area contributed by atoms with Crippen LogP contribution in [0.25, 0.3) is 10.2 Å². The molecule has 0 saturated heterocycles. The number of halogens is 1. The summed E-state index contributed by atoms with van der Waals surface area (Å²) in [5.74, 6) is 0. The van der Waals surface area contributed by atoms with Crippen LogP contribution in [0.3, 0.4) is 0 Å². The van der Waals surface area contributed by atoms with Gasteiger partial charge in [0.15, 0.2) is 5.13 Å². The van der Waals surface area contributed by atoms with Crippen LogP contribution in [0, 0.1) is 3.57 Å². The summed E-state index contributed by atoms with van der Waals surface area (Å²) in [5, 5.41) is 4.24. The summed E-state index contributed by atoms with van der Waals surface area (Å²) in [5.41, 5.74) is 0.647. The van der Waals surface area contributed by atoms with Crippen LogP contribution in [0.4, 0.5) is 10.8 Å². The predicted octanol–water partition coefficient (Wildman–Crippen LogP) is 3.40. The second kappa shape index (κ2) is 5.22. The molecule has 0 spiro atoms. The Morgan fingerprint density at radius 3 is 2.74 bits per heavy atom. The molecule has 0 aliphatic carbocycles. The molecule has 0 radical (unpaired) electrons. The molecule has 3 aromatic rings. The summed E-state index contributed by atoms with van der Waals surface area (Å²) in [4.78, 5) is 20.8. The molecule has 6 heteroatoms. The van der Waals surface area contributed by atoms with Crippen molar-refractivity contribution in [1.29, 1.82) is 0 Å². The number of fused-ring (bicyclic) bond motifs is 1. The molecule has 0 atom stereocenters. The maximum absolute atomic E-state index is 11.9. The summed E-state index contributed by atoms with van der Waals surface area (Å²) in [6.07, 6.45) is 1.67. The van der Waals surface area contributed by atoms with Crippen LogP contribution in [0.1, 0.15) is 0 Å². The molecule has 0 bridgehead atoms. The topological polar surface area (TPSA) is 54.9 Å². The van der Waals surface area contributed by atoms with Crippen molar-refractivity contribution in [2.24, 2.45) is 0 Å². The van der Waals surface area contributed by atoms with Crippen LogP contribution in [0.15, 0.2) is 47.4 Å². The van der Waals surface area contributed by atoms with Crippen molar-refractivity contribution in [3.05, 3.63) is 56.5 Å². The molecule has 2 heterocycles. The normalized spacial score (nSPS) is 10.6. The van der Waals surface area contributed by atoms with Crippen molar-refractivity contribution in [2.45, 2.75) is 0 Å². The largest absolute Gasteiger partial charge is 0.331 e. The van der Waals surface area contributed by atoms with Gasteiger partial charge in [-0.1, -0.05) is 11.3 Å². The lowest BCUT2D eigenvalue weighted by molar-refractivity contribution is 1.29. The fourth-order valence-corrected chi connectivity index (χ4v) is 2.83. The summed E-state index contributed by atoms with van der Waals surface area (Å²) in [7, 11) is 0. The van der Waals surface area contributed by atoms with Gasteiger partial charge in [0, 0.05) is 15.5 Å². The van der Waals surface area contributed by atoms with Gasteiger partial charge in [0.1, 0.15) is 4.83 Å². The highest BCUT2D eigenvalue weighted by molar-refractivity contribution is 14.1. The third-order valence-corrected chi connectivity index (χ3v) is 4.12. The molecule has 2 aromatic heterocycles. The van der Waals surface area contributed by atoms with Crippen LogP contribution < -0.4 is 10.9 Å². The van der Waals surface area contributed by atoms with E-state index >= 15 is 0 Å². The Morgan fingerprint density at radius 1 is 1.16 bits per heavy atom. The van der Waals surface area contributed by atoms with Gasteiger partial charge in [0.05, 0.1) is 5.39 Å². The monoisotopic (exact) mass is 381 g/mol. The van der Waals surface area contributed by atoms with Gasteiger partial charge >= 0.3 is 0 Å². The quantitative estimate of drug-likeness (QED) is 0.692. The van der Waals surface area contributed by atoms with E-state index in [1.165, 1.54) is 11.3 Å². The molecule has 0 amide bonds. The van der Waals surface area contributed by atoms with Crippen molar-refractivity contribution in [2.75, 3.05) is 5.32 Å². The van der Waals surface area contributed by atoms with E-state index in [-0.39, 0.29) is 5.56 Å². The molecular weight excluding hydrogens is 373 g/mol. The Morgan fingerprint density at radius 2 is 1.95 bits per heavy atom. The lowest BCUT2D eigenvalue weighted by atomic mass is 10.3. The van der Waals surface area contributed by atoms with E-state index in [2.05, 4.69) is 37.9 Å². The number of nitrogens with one attached hydrogen (secondary N) is 1. The third kappa shape index (κ3) is 2.74. The molecule has 94 valence electrons. The lowest BCUT2D eigenvalue weighted by Crippen LogP contribution is -2.07. The highest BCUT2D eigenvalue weighted by Gasteiger charge is 2.05. The molecular formula is C13H8IN3OS. The first-order chi connectivity index (χ1) is 9.22. The molecule has 19 heavy (non-hydrogen) atoms. The minimum absolute atomic E-state index is 0.255. The van der Waals surface area contributed by atoms with Gasteiger partial charge in [0.2, 0.25) is 0 Å². The van der Waals surface area contributed by atoms with Crippen molar-refractivity contribution in [3.63, 3.8) is 0 Å². The Labute approximate surface area is 126 Å². The number of rotatable bonds is 2. The van der Waals surface area contributed by atoms with Crippen LogP contribution in [0.5, 0.6) is 0 Å². The van der Waals surface area contributed by atoms with E-state index in [0.717, 1.165) is 9.26 Å². The van der Waals surface area contributed by atoms with Gasteiger partial charge in [-0.25, -0.2) is 4.98 Å². The van der Waals surface area contributed by atoms with Crippen LogP contribution >= 0.6 is 33.9 Å². The Hall–Kier alpha value is -1.54. The van der Waals surface area contributed by atoms with E-state index in [1.54, 1.807) is 18.3 Å². The van der Waals surface area contributed by atoms with E-state index in [1.807, 2.05) is 24.3 Å². The summed E-state index contributed by atoms with van der Waals surface area (Å²) < 4.78 is 1.16. The Bertz CT molecular complexity index is 786. The first-order valence-electron chi connectivity index (χ1n) is 5.51. The van der Waals surface area contributed by atoms with Gasteiger partial charge in [-0.3, -0.25) is 4.79 Å². The zero-order valence-corrected chi connectivity index (χ0v) is 12.6. The number of nitrogens with zero attached hydrogens (tertiary/aromatic N) is 2. The summed E-state index contributed by atoms with van der Waals surface area (Å²) >= 11 is 3.61. The van der Waals surface area contributed by atoms with Gasteiger partial charge < -0.3 is 5.32 Å². The maximum Gasteiger partial charge on any atom is 0.282 e. The molecule has 0 unspecified atom stereocenters. The average Bonchev–Trinajstić information content (AvgIpc) is 2.42. The predicted molar refractivity (Wildman–Crippen MR) is 86.1 cm³/mol. The first kappa shape index (κ1) is 12.5. The fourth-order valence-electron chi connectivity index (χ4n) is 1.61. The standard InChI is InChI=1S/C13H8IN3OS/c14-8-3-5-9(6-4-8)16-13-17-11(18)10-2-1-7-15-12(10)19-13/h1-7H,(H,16,17,18). The molecule has 0 aliphatic rings.